The number of rotatable bonds is 2. The van der Waals surface area contributed by atoms with Gasteiger partial charge < -0.3 is 0 Å². The van der Waals surface area contributed by atoms with Crippen molar-refractivity contribution in [1.82, 2.24) is 0 Å². The van der Waals surface area contributed by atoms with Gasteiger partial charge in [-0.1, -0.05) is 0 Å². The molecule has 1 heteroatoms. The Kier molecular flexibility index (Phi) is 5.38. The number of fused-ring (bicyclic) bond motifs is 2. The zero-order valence-electron chi connectivity index (χ0n) is 20.0. The van der Waals surface area contributed by atoms with Gasteiger partial charge in [-0.2, -0.15) is 0 Å². The molecule has 0 aliphatic heterocycles. The van der Waals surface area contributed by atoms with Crippen molar-refractivity contribution in [2.45, 2.75) is 62.6 Å². The van der Waals surface area contributed by atoms with E-state index in [0.29, 0.717) is 7.25 Å². The molecule has 0 nitrogen and oxygen atoms in total. The van der Waals surface area contributed by atoms with E-state index in [0.717, 1.165) is 0 Å². The summed E-state index contributed by atoms with van der Waals surface area (Å²) < 4.78 is 6.18. The molecule has 2 aromatic rings. The van der Waals surface area contributed by atoms with E-state index in [9.17, 15) is 0 Å². The Hall–Kier alpha value is -1.33. The maximum atomic E-state index is 5.06. The van der Waals surface area contributed by atoms with E-state index >= 15 is 0 Å². The van der Waals surface area contributed by atoms with Gasteiger partial charge in [0.25, 0.3) is 0 Å². The minimum atomic E-state index is -2.21. The molecule has 0 spiro atoms. The van der Waals surface area contributed by atoms with E-state index in [-0.39, 0.29) is 10.8 Å². The molecular formula is C29H36Zr. The third-order valence-electron chi connectivity index (χ3n) is 6.98. The predicted octanol–water partition coefficient (Wildman–Crippen LogP) is 8.19. The van der Waals surface area contributed by atoms with E-state index in [1.54, 1.807) is 33.4 Å². The van der Waals surface area contributed by atoms with Gasteiger partial charge in [-0.05, 0) is 0 Å². The summed E-state index contributed by atoms with van der Waals surface area (Å²) in [5.74, 6) is 0. The van der Waals surface area contributed by atoms with Crippen LogP contribution in [0.15, 0.2) is 59.7 Å². The Morgan fingerprint density at radius 3 is 1.30 bits per heavy atom. The molecule has 0 amide bonds. The molecule has 2 unspecified atom stereocenters. The average Bonchev–Trinajstić information content (AvgIpc) is 3.10. The van der Waals surface area contributed by atoms with Crippen molar-refractivity contribution in [1.29, 1.82) is 0 Å². The standard InChI is InChI=1S/2C14H17.CH2.Zr/c2*1-10-9-11-7-5-6-8-12(11)13(10)14(2,3)4;;/h2*5-9H,1-4H3;1H2;. The fourth-order valence-corrected chi connectivity index (χ4v) is 13.7. The van der Waals surface area contributed by atoms with Gasteiger partial charge in [0, 0.05) is 0 Å². The summed E-state index contributed by atoms with van der Waals surface area (Å²) in [6.07, 6.45) is 0. The van der Waals surface area contributed by atoms with Gasteiger partial charge >= 0.3 is 192 Å². The third-order valence-corrected chi connectivity index (χ3v) is 14.3. The molecule has 30 heavy (non-hydrogen) atoms. The van der Waals surface area contributed by atoms with E-state index in [2.05, 4.69) is 104 Å². The first-order chi connectivity index (χ1) is 13.9. The van der Waals surface area contributed by atoms with Crippen LogP contribution < -0.4 is 0 Å². The second-order valence-corrected chi connectivity index (χ2v) is 16.9. The Balaban J connectivity index is 1.90. The fourth-order valence-electron chi connectivity index (χ4n) is 6.25. The Labute approximate surface area is 191 Å². The van der Waals surface area contributed by atoms with Crippen LogP contribution in [0, 0.1) is 10.8 Å². The van der Waals surface area contributed by atoms with Gasteiger partial charge in [-0.25, -0.2) is 0 Å². The van der Waals surface area contributed by atoms with Crippen molar-refractivity contribution < 1.29 is 21.3 Å². The third kappa shape index (κ3) is 3.33. The summed E-state index contributed by atoms with van der Waals surface area (Å²) in [6.45, 7) is 19.0. The molecule has 2 aliphatic rings. The number of hydrogen-bond donors (Lipinski definition) is 0. The van der Waals surface area contributed by atoms with Gasteiger partial charge in [0.05, 0.1) is 0 Å². The average molecular weight is 476 g/mol. The quantitative estimate of drug-likeness (QED) is 0.411. The molecule has 0 N–H and O–H groups in total. The van der Waals surface area contributed by atoms with Crippen LogP contribution in [0.3, 0.4) is 0 Å². The molecule has 0 bridgehead atoms. The van der Waals surface area contributed by atoms with Crippen LogP contribution in [0.4, 0.5) is 0 Å². The first kappa shape index (κ1) is 21.9. The van der Waals surface area contributed by atoms with Crippen LogP contribution in [-0.2, 0) is 21.3 Å². The van der Waals surface area contributed by atoms with Crippen molar-refractivity contribution >= 4 is 15.4 Å². The van der Waals surface area contributed by atoms with Crippen LogP contribution in [0.2, 0.25) is 0 Å². The van der Waals surface area contributed by atoms with E-state index in [4.69, 9.17) is 4.21 Å². The zero-order valence-corrected chi connectivity index (χ0v) is 22.4. The molecule has 0 heterocycles. The van der Waals surface area contributed by atoms with E-state index < -0.39 is 21.3 Å². The van der Waals surface area contributed by atoms with E-state index in [1.165, 1.54) is 11.1 Å². The Morgan fingerprint density at radius 1 is 0.633 bits per heavy atom. The summed E-state index contributed by atoms with van der Waals surface area (Å²) in [7, 11) is 0. The number of allylic oxidation sites excluding steroid dienone is 4. The SMILES string of the molecule is [CH2]=[Zr]([CH]1C(C)=C(C(C)(C)C)c2ccccc21)[CH]1C(C)=C(C(C)(C)C)c2ccccc21. The topological polar surface area (TPSA) is 0 Å². The summed E-state index contributed by atoms with van der Waals surface area (Å²) in [5, 5.41) is 0. The van der Waals surface area contributed by atoms with E-state index in [1.807, 2.05) is 0 Å². The van der Waals surface area contributed by atoms with Crippen LogP contribution >= 0.6 is 0 Å². The van der Waals surface area contributed by atoms with Crippen LogP contribution in [-0.4, -0.2) is 4.21 Å². The second-order valence-electron chi connectivity index (χ2n) is 11.2. The summed E-state index contributed by atoms with van der Waals surface area (Å²) in [6, 6.07) is 18.3. The summed E-state index contributed by atoms with van der Waals surface area (Å²) >= 11 is -2.21. The zero-order chi connectivity index (χ0) is 22.0. The first-order valence-electron chi connectivity index (χ1n) is 11.2. The molecule has 0 saturated heterocycles. The molecule has 0 fully saturated rings. The van der Waals surface area contributed by atoms with Gasteiger partial charge in [-0.3, -0.25) is 0 Å². The normalized spacial score (nSPS) is 21.2. The van der Waals surface area contributed by atoms with Crippen LogP contribution in [0.25, 0.3) is 11.1 Å². The van der Waals surface area contributed by atoms with Gasteiger partial charge in [0.2, 0.25) is 0 Å². The molecule has 0 saturated carbocycles. The molecule has 156 valence electrons. The number of hydrogen-bond acceptors (Lipinski definition) is 0. The monoisotopic (exact) mass is 474 g/mol. The molecule has 2 atom stereocenters. The Morgan fingerprint density at radius 2 is 0.967 bits per heavy atom. The summed E-state index contributed by atoms with van der Waals surface area (Å²) in [4.78, 5) is 0. The van der Waals surface area contributed by atoms with Gasteiger partial charge in [0.1, 0.15) is 0 Å². The second kappa shape index (κ2) is 7.37. The van der Waals surface area contributed by atoms with Gasteiger partial charge in [0.15, 0.2) is 0 Å². The first-order valence-corrected chi connectivity index (χ1v) is 15.8. The Bertz CT molecular complexity index is 1010. The van der Waals surface area contributed by atoms with Crippen molar-refractivity contribution in [3.63, 3.8) is 0 Å². The molecule has 4 rings (SSSR count). The maximum absolute atomic E-state index is 5.06. The molecular weight excluding hydrogens is 440 g/mol. The molecule has 2 aromatic carbocycles. The molecule has 0 aromatic heterocycles. The van der Waals surface area contributed by atoms with Crippen LogP contribution in [0.1, 0.15) is 84.9 Å². The predicted molar refractivity (Wildman–Crippen MR) is 130 cm³/mol. The fraction of sp³-hybridized carbons (Fsp3) is 0.414. The van der Waals surface area contributed by atoms with Crippen molar-refractivity contribution in [3.05, 3.63) is 81.9 Å². The minimum absolute atomic E-state index is 0.160. The van der Waals surface area contributed by atoms with Gasteiger partial charge in [-0.15, -0.1) is 0 Å². The molecule has 0 radical (unpaired) electrons. The van der Waals surface area contributed by atoms with Crippen molar-refractivity contribution in [2.75, 3.05) is 0 Å². The molecule has 2 aliphatic carbocycles. The van der Waals surface area contributed by atoms with Crippen LogP contribution in [0.5, 0.6) is 0 Å². The van der Waals surface area contributed by atoms with Crippen molar-refractivity contribution in [2.24, 2.45) is 10.8 Å². The summed E-state index contributed by atoms with van der Waals surface area (Å²) in [5.41, 5.74) is 12.7. The number of benzene rings is 2. The van der Waals surface area contributed by atoms with Crippen molar-refractivity contribution in [3.8, 4) is 0 Å².